The van der Waals surface area contributed by atoms with E-state index in [9.17, 15) is 14.4 Å². The maximum Gasteiger partial charge on any atom is 0.416 e. The molecule has 1 aromatic heterocycles. The molecule has 1 saturated heterocycles. The average molecular weight is 302 g/mol. The molecule has 19 heavy (non-hydrogen) atoms. The van der Waals surface area contributed by atoms with Crippen LogP contribution < -0.4 is 0 Å². The number of hydrogen-bond acceptors (Lipinski definition) is 7. The Hall–Kier alpha value is -1.61. The standard InChI is InChI=1S/C10H10N2O5S2/c13-7(12-1-2-17-10(12)16)5-19-9-11-6(4-18-9)3-8(14)15/h4H,1-3,5H2,(H,14,15). The molecule has 1 aliphatic heterocycles. The van der Waals surface area contributed by atoms with Crippen LogP contribution in [-0.4, -0.2) is 51.9 Å². The summed E-state index contributed by atoms with van der Waals surface area (Å²) >= 11 is 2.46. The molecular formula is C10H10N2O5S2. The minimum atomic E-state index is -0.947. The van der Waals surface area contributed by atoms with E-state index in [-0.39, 0.29) is 31.2 Å². The Bertz CT molecular complexity index is 516. The van der Waals surface area contributed by atoms with Crippen LogP contribution in [0.3, 0.4) is 0 Å². The summed E-state index contributed by atoms with van der Waals surface area (Å²) < 4.78 is 5.27. The molecule has 0 bridgehead atoms. The number of amides is 2. The van der Waals surface area contributed by atoms with Gasteiger partial charge in [0.25, 0.3) is 0 Å². The highest BCUT2D eigenvalue weighted by molar-refractivity contribution is 8.01. The van der Waals surface area contributed by atoms with Crippen molar-refractivity contribution in [2.75, 3.05) is 18.9 Å². The summed E-state index contributed by atoms with van der Waals surface area (Å²) in [6.07, 6.45) is -0.750. The maximum absolute atomic E-state index is 11.7. The lowest BCUT2D eigenvalue weighted by Crippen LogP contribution is -2.32. The van der Waals surface area contributed by atoms with Gasteiger partial charge < -0.3 is 9.84 Å². The largest absolute Gasteiger partial charge is 0.481 e. The smallest absolute Gasteiger partial charge is 0.416 e. The van der Waals surface area contributed by atoms with Gasteiger partial charge in [-0.05, 0) is 0 Å². The molecule has 0 saturated carbocycles. The molecule has 1 aliphatic rings. The van der Waals surface area contributed by atoms with Crippen molar-refractivity contribution in [3.8, 4) is 0 Å². The Morgan fingerprint density at radius 1 is 1.58 bits per heavy atom. The molecule has 102 valence electrons. The Morgan fingerprint density at radius 2 is 2.37 bits per heavy atom. The zero-order chi connectivity index (χ0) is 13.8. The number of aromatic nitrogens is 1. The summed E-state index contributed by atoms with van der Waals surface area (Å²) in [4.78, 5) is 38.5. The summed E-state index contributed by atoms with van der Waals surface area (Å²) in [5.41, 5.74) is 0.466. The number of nitrogens with zero attached hydrogens (tertiary/aromatic N) is 2. The maximum atomic E-state index is 11.7. The number of thiazole rings is 1. The van der Waals surface area contributed by atoms with Gasteiger partial charge in [0.1, 0.15) is 6.61 Å². The molecule has 1 N–H and O–H groups in total. The molecule has 0 radical (unpaired) electrons. The van der Waals surface area contributed by atoms with Gasteiger partial charge in [-0.1, -0.05) is 11.8 Å². The first-order valence-corrected chi connectivity index (χ1v) is 7.19. The number of ether oxygens (including phenoxy) is 1. The number of cyclic esters (lactones) is 1. The predicted octanol–water partition coefficient (Wildman–Crippen LogP) is 0.841. The van der Waals surface area contributed by atoms with Gasteiger partial charge in [-0.2, -0.15) is 0 Å². The van der Waals surface area contributed by atoms with Gasteiger partial charge in [0.2, 0.25) is 5.91 Å². The third-order valence-corrected chi connectivity index (χ3v) is 4.30. The number of imide groups is 1. The van der Waals surface area contributed by atoms with Crippen LogP contribution in [0, 0.1) is 0 Å². The third kappa shape index (κ3) is 3.67. The van der Waals surface area contributed by atoms with Gasteiger partial charge in [0.05, 0.1) is 24.4 Å². The molecule has 0 aliphatic carbocycles. The Balaban J connectivity index is 1.85. The molecule has 1 aromatic rings. The number of thioether (sulfide) groups is 1. The fourth-order valence-corrected chi connectivity index (χ4v) is 3.13. The highest BCUT2D eigenvalue weighted by Crippen LogP contribution is 2.23. The zero-order valence-corrected chi connectivity index (χ0v) is 11.3. The summed E-state index contributed by atoms with van der Waals surface area (Å²) in [6.45, 7) is 0.510. The van der Waals surface area contributed by atoms with E-state index < -0.39 is 12.1 Å². The fraction of sp³-hybridized carbons (Fsp3) is 0.400. The minimum absolute atomic E-state index is 0.0785. The van der Waals surface area contributed by atoms with Gasteiger partial charge in [0.15, 0.2) is 4.34 Å². The number of aliphatic carboxylic acids is 1. The van der Waals surface area contributed by atoms with Gasteiger partial charge >= 0.3 is 12.1 Å². The summed E-state index contributed by atoms with van der Waals surface area (Å²) in [5, 5.41) is 10.3. The first-order chi connectivity index (χ1) is 9.06. The number of carbonyl (C=O) groups is 3. The highest BCUT2D eigenvalue weighted by atomic mass is 32.2. The molecule has 9 heteroatoms. The topological polar surface area (TPSA) is 96.8 Å². The Kier molecular flexibility index (Phi) is 4.38. The van der Waals surface area contributed by atoms with Gasteiger partial charge in [-0.25, -0.2) is 14.7 Å². The summed E-state index contributed by atoms with van der Waals surface area (Å²) in [7, 11) is 0. The average Bonchev–Trinajstić information content (AvgIpc) is 2.94. The van der Waals surface area contributed by atoms with Crippen LogP contribution >= 0.6 is 23.1 Å². The molecule has 0 spiro atoms. The zero-order valence-electron chi connectivity index (χ0n) is 9.70. The second-order valence-corrected chi connectivity index (χ2v) is 5.70. The van der Waals surface area contributed by atoms with Crippen LogP contribution in [0.25, 0.3) is 0 Å². The van der Waals surface area contributed by atoms with Gasteiger partial charge in [0, 0.05) is 5.38 Å². The monoisotopic (exact) mass is 302 g/mol. The quantitative estimate of drug-likeness (QED) is 0.805. The van der Waals surface area contributed by atoms with Crippen LogP contribution in [-0.2, 0) is 20.7 Å². The SMILES string of the molecule is O=C(O)Cc1csc(SCC(=O)N2CCOC2=O)n1. The molecule has 2 amide bonds. The second kappa shape index (κ2) is 6.02. The van der Waals surface area contributed by atoms with Crippen molar-refractivity contribution in [1.29, 1.82) is 0 Å². The van der Waals surface area contributed by atoms with E-state index in [0.717, 1.165) is 4.90 Å². The molecule has 2 heterocycles. The Morgan fingerprint density at radius 3 is 3.00 bits per heavy atom. The molecule has 0 aromatic carbocycles. The van der Waals surface area contributed by atoms with E-state index in [1.54, 1.807) is 5.38 Å². The number of carboxylic acid groups (broad SMARTS) is 1. The second-order valence-electron chi connectivity index (χ2n) is 3.62. The summed E-state index contributed by atoms with van der Waals surface area (Å²) in [6, 6.07) is 0. The molecule has 7 nitrogen and oxygen atoms in total. The van der Waals surface area contributed by atoms with Crippen molar-refractivity contribution in [3.63, 3.8) is 0 Å². The predicted molar refractivity (Wildman–Crippen MR) is 67.2 cm³/mol. The van der Waals surface area contributed by atoms with Crippen LogP contribution in [0.1, 0.15) is 5.69 Å². The number of carbonyl (C=O) groups excluding carboxylic acids is 2. The van der Waals surface area contributed by atoms with Crippen LogP contribution in [0.4, 0.5) is 4.79 Å². The molecule has 0 unspecified atom stereocenters. The highest BCUT2D eigenvalue weighted by Gasteiger charge is 2.28. The van der Waals surface area contributed by atoms with Crippen molar-refractivity contribution in [1.82, 2.24) is 9.88 Å². The lowest BCUT2D eigenvalue weighted by Gasteiger charge is -2.08. The fourth-order valence-electron chi connectivity index (χ4n) is 1.41. The lowest BCUT2D eigenvalue weighted by molar-refractivity contribution is -0.136. The van der Waals surface area contributed by atoms with E-state index in [4.69, 9.17) is 5.11 Å². The van der Waals surface area contributed by atoms with Crippen molar-refractivity contribution >= 4 is 41.1 Å². The van der Waals surface area contributed by atoms with Gasteiger partial charge in [-0.15, -0.1) is 11.3 Å². The first-order valence-electron chi connectivity index (χ1n) is 5.32. The third-order valence-electron chi connectivity index (χ3n) is 2.24. The first kappa shape index (κ1) is 13.8. The van der Waals surface area contributed by atoms with Crippen LogP contribution in [0.2, 0.25) is 0 Å². The number of carboxylic acids is 1. The van der Waals surface area contributed by atoms with E-state index in [2.05, 4.69) is 9.72 Å². The molecule has 0 atom stereocenters. The summed E-state index contributed by atoms with van der Waals surface area (Å²) in [5.74, 6) is -1.20. The number of rotatable bonds is 5. The van der Waals surface area contributed by atoms with Crippen molar-refractivity contribution in [2.45, 2.75) is 10.8 Å². The van der Waals surface area contributed by atoms with E-state index >= 15 is 0 Å². The van der Waals surface area contributed by atoms with Crippen molar-refractivity contribution in [3.05, 3.63) is 11.1 Å². The molecular weight excluding hydrogens is 292 g/mol. The van der Waals surface area contributed by atoms with E-state index in [1.807, 2.05) is 0 Å². The van der Waals surface area contributed by atoms with E-state index in [1.165, 1.54) is 23.1 Å². The van der Waals surface area contributed by atoms with Crippen molar-refractivity contribution < 1.29 is 24.2 Å². The van der Waals surface area contributed by atoms with Crippen LogP contribution in [0.15, 0.2) is 9.72 Å². The van der Waals surface area contributed by atoms with Crippen molar-refractivity contribution in [2.24, 2.45) is 0 Å². The Labute approximate surface area is 116 Å². The number of hydrogen-bond donors (Lipinski definition) is 1. The normalized spacial score (nSPS) is 14.5. The van der Waals surface area contributed by atoms with Crippen LogP contribution in [0.5, 0.6) is 0 Å². The molecule has 1 fully saturated rings. The lowest BCUT2D eigenvalue weighted by atomic mass is 10.3. The van der Waals surface area contributed by atoms with Gasteiger partial charge in [-0.3, -0.25) is 9.59 Å². The van der Waals surface area contributed by atoms with E-state index in [0.29, 0.717) is 10.0 Å². The minimum Gasteiger partial charge on any atom is -0.481 e. The molecule has 2 rings (SSSR count).